The number of halogens is 1. The Kier molecular flexibility index (Phi) is 3.58. The van der Waals surface area contributed by atoms with Crippen molar-refractivity contribution < 1.29 is 0 Å². The van der Waals surface area contributed by atoms with Gasteiger partial charge in [-0.15, -0.1) is 6.58 Å². The van der Waals surface area contributed by atoms with E-state index in [1.54, 1.807) is 17.0 Å². The fourth-order valence-electron chi connectivity index (χ4n) is 2.06. The van der Waals surface area contributed by atoms with Crippen LogP contribution in [0.15, 0.2) is 43.4 Å². The zero-order valence-corrected chi connectivity index (χ0v) is 12.3. The zero-order valence-electron chi connectivity index (χ0n) is 11.5. The van der Waals surface area contributed by atoms with E-state index in [0.717, 1.165) is 28.1 Å². The summed E-state index contributed by atoms with van der Waals surface area (Å²) in [6.07, 6.45) is 5.04. The third-order valence-electron chi connectivity index (χ3n) is 3.18. The molecule has 0 aliphatic carbocycles. The molecule has 1 aromatic carbocycles. The van der Waals surface area contributed by atoms with Crippen LogP contribution in [0.25, 0.3) is 16.7 Å². The largest absolute Gasteiger partial charge is 0.366 e. The Hall–Kier alpha value is -2.40. The van der Waals surface area contributed by atoms with E-state index < -0.39 is 0 Å². The molecule has 0 aliphatic rings. The summed E-state index contributed by atoms with van der Waals surface area (Å²) in [6, 6.07) is 5.80. The number of hydrogen-bond acceptors (Lipinski definition) is 4. The van der Waals surface area contributed by atoms with E-state index in [1.165, 1.54) is 6.33 Å². The zero-order chi connectivity index (χ0) is 14.8. The Balaban J connectivity index is 2.11. The first-order valence-corrected chi connectivity index (χ1v) is 6.88. The second-order valence-electron chi connectivity index (χ2n) is 4.62. The number of fused-ring (bicyclic) bond motifs is 1. The number of hydrogen-bond donors (Lipinski definition) is 1. The molecule has 3 aromatic rings. The summed E-state index contributed by atoms with van der Waals surface area (Å²) in [6.45, 7) is 6.28. The second-order valence-corrected chi connectivity index (χ2v) is 5.03. The van der Waals surface area contributed by atoms with Crippen LogP contribution < -0.4 is 5.32 Å². The van der Waals surface area contributed by atoms with Gasteiger partial charge in [-0.3, -0.25) is 0 Å². The molecule has 2 aromatic heterocycles. The molecule has 0 aliphatic heterocycles. The molecule has 21 heavy (non-hydrogen) atoms. The predicted molar refractivity (Wildman–Crippen MR) is 85.1 cm³/mol. The number of anilines is 1. The minimum Gasteiger partial charge on any atom is -0.366 e. The molecular formula is C15H14ClN5. The molecule has 5 nitrogen and oxygen atoms in total. The van der Waals surface area contributed by atoms with Crippen LogP contribution in [0.4, 0.5) is 5.82 Å². The molecule has 0 bridgehead atoms. The van der Waals surface area contributed by atoms with Crippen molar-refractivity contribution >= 4 is 28.5 Å². The van der Waals surface area contributed by atoms with E-state index in [9.17, 15) is 0 Å². The topological polar surface area (TPSA) is 55.6 Å². The van der Waals surface area contributed by atoms with E-state index in [-0.39, 0.29) is 0 Å². The summed E-state index contributed by atoms with van der Waals surface area (Å²) in [5.41, 5.74) is 2.63. The van der Waals surface area contributed by atoms with Crippen LogP contribution in [0, 0.1) is 6.92 Å². The van der Waals surface area contributed by atoms with Crippen molar-refractivity contribution in [2.24, 2.45) is 0 Å². The van der Waals surface area contributed by atoms with Gasteiger partial charge in [0.05, 0.1) is 17.3 Å². The highest BCUT2D eigenvalue weighted by Gasteiger charge is 2.11. The summed E-state index contributed by atoms with van der Waals surface area (Å²) in [4.78, 5) is 8.55. The lowest BCUT2D eigenvalue weighted by Crippen LogP contribution is -2.02. The molecule has 0 saturated carbocycles. The van der Waals surface area contributed by atoms with Gasteiger partial charge in [-0.2, -0.15) is 5.10 Å². The highest BCUT2D eigenvalue weighted by atomic mass is 35.5. The quantitative estimate of drug-likeness (QED) is 0.750. The van der Waals surface area contributed by atoms with Crippen LogP contribution in [0.3, 0.4) is 0 Å². The molecule has 3 rings (SSSR count). The highest BCUT2D eigenvalue weighted by molar-refractivity contribution is 6.31. The number of aryl methyl sites for hydroxylation is 1. The molecule has 0 fully saturated rings. The number of aromatic nitrogens is 4. The third kappa shape index (κ3) is 2.48. The first-order valence-electron chi connectivity index (χ1n) is 6.50. The van der Waals surface area contributed by atoms with Gasteiger partial charge in [-0.05, 0) is 24.6 Å². The lowest BCUT2D eigenvalue weighted by atomic mass is 10.2. The Bertz CT molecular complexity index is 809. The van der Waals surface area contributed by atoms with Crippen LogP contribution in [0.1, 0.15) is 5.56 Å². The van der Waals surface area contributed by atoms with Crippen molar-refractivity contribution in [2.75, 3.05) is 11.9 Å². The predicted octanol–water partition coefficient (Wildman–Crippen LogP) is 3.38. The van der Waals surface area contributed by atoms with Crippen molar-refractivity contribution in [2.45, 2.75) is 6.92 Å². The fourth-order valence-corrected chi connectivity index (χ4v) is 2.23. The van der Waals surface area contributed by atoms with Gasteiger partial charge in [0.15, 0.2) is 5.65 Å². The molecule has 2 heterocycles. The van der Waals surface area contributed by atoms with Gasteiger partial charge >= 0.3 is 0 Å². The van der Waals surface area contributed by atoms with E-state index in [2.05, 4.69) is 27.0 Å². The lowest BCUT2D eigenvalue weighted by molar-refractivity contribution is 0.894. The van der Waals surface area contributed by atoms with Crippen molar-refractivity contribution in [1.29, 1.82) is 0 Å². The normalized spacial score (nSPS) is 10.8. The van der Waals surface area contributed by atoms with Crippen LogP contribution in [0.2, 0.25) is 5.02 Å². The van der Waals surface area contributed by atoms with Gasteiger partial charge in [0.1, 0.15) is 12.1 Å². The van der Waals surface area contributed by atoms with Gasteiger partial charge < -0.3 is 5.32 Å². The molecule has 0 saturated heterocycles. The molecule has 0 radical (unpaired) electrons. The Morgan fingerprint density at radius 1 is 1.38 bits per heavy atom. The monoisotopic (exact) mass is 299 g/mol. The fraction of sp³-hybridized carbons (Fsp3) is 0.133. The highest BCUT2D eigenvalue weighted by Crippen LogP contribution is 2.24. The maximum Gasteiger partial charge on any atom is 0.168 e. The molecular weight excluding hydrogens is 286 g/mol. The molecule has 106 valence electrons. The van der Waals surface area contributed by atoms with Crippen LogP contribution in [0.5, 0.6) is 0 Å². The van der Waals surface area contributed by atoms with Gasteiger partial charge in [-0.1, -0.05) is 23.7 Å². The second kappa shape index (κ2) is 5.54. The summed E-state index contributed by atoms with van der Waals surface area (Å²) in [5, 5.41) is 9.13. The first-order chi connectivity index (χ1) is 10.2. The van der Waals surface area contributed by atoms with Gasteiger partial charge in [0.2, 0.25) is 0 Å². The van der Waals surface area contributed by atoms with Crippen molar-refractivity contribution in [3.63, 3.8) is 0 Å². The molecule has 0 atom stereocenters. The Morgan fingerprint density at radius 3 is 3.00 bits per heavy atom. The smallest absolute Gasteiger partial charge is 0.168 e. The summed E-state index contributed by atoms with van der Waals surface area (Å²) in [7, 11) is 0. The van der Waals surface area contributed by atoms with Crippen molar-refractivity contribution in [3.8, 4) is 5.69 Å². The minimum absolute atomic E-state index is 0.633. The standard InChI is InChI=1S/C15H14ClN5/c1-3-6-17-14-12-8-20-21(15(12)19-9-18-14)11-5-4-10(2)13(16)7-11/h3-5,7-9H,1,6H2,2H3,(H,17,18,19). The van der Waals surface area contributed by atoms with Crippen LogP contribution in [-0.4, -0.2) is 26.3 Å². The average Bonchev–Trinajstić information content (AvgIpc) is 2.92. The lowest BCUT2D eigenvalue weighted by Gasteiger charge is -2.06. The third-order valence-corrected chi connectivity index (χ3v) is 3.59. The van der Waals surface area contributed by atoms with E-state index in [1.807, 2.05) is 25.1 Å². The maximum atomic E-state index is 6.18. The Labute approximate surface area is 127 Å². The van der Waals surface area contributed by atoms with Crippen molar-refractivity contribution in [1.82, 2.24) is 19.7 Å². The molecule has 1 N–H and O–H groups in total. The van der Waals surface area contributed by atoms with Gasteiger partial charge in [0.25, 0.3) is 0 Å². The molecule has 0 spiro atoms. The van der Waals surface area contributed by atoms with E-state index >= 15 is 0 Å². The number of benzene rings is 1. The molecule has 0 amide bonds. The average molecular weight is 300 g/mol. The minimum atomic E-state index is 0.633. The SMILES string of the molecule is C=CCNc1ncnc2c1cnn2-c1ccc(C)c(Cl)c1. The van der Waals surface area contributed by atoms with Crippen LogP contribution in [-0.2, 0) is 0 Å². The Morgan fingerprint density at radius 2 is 2.24 bits per heavy atom. The van der Waals surface area contributed by atoms with Gasteiger partial charge in [0, 0.05) is 11.6 Å². The molecule has 6 heteroatoms. The maximum absolute atomic E-state index is 6.18. The summed E-state index contributed by atoms with van der Waals surface area (Å²) >= 11 is 6.18. The van der Waals surface area contributed by atoms with Gasteiger partial charge in [-0.25, -0.2) is 14.6 Å². The number of nitrogens with zero attached hydrogens (tertiary/aromatic N) is 4. The summed E-state index contributed by atoms with van der Waals surface area (Å²) in [5.74, 6) is 0.740. The van der Waals surface area contributed by atoms with Crippen LogP contribution >= 0.6 is 11.6 Å². The van der Waals surface area contributed by atoms with Crippen molar-refractivity contribution in [3.05, 3.63) is 54.0 Å². The molecule has 0 unspecified atom stereocenters. The number of nitrogens with one attached hydrogen (secondary N) is 1. The van der Waals surface area contributed by atoms with E-state index in [0.29, 0.717) is 11.6 Å². The number of rotatable bonds is 4. The van der Waals surface area contributed by atoms with E-state index in [4.69, 9.17) is 11.6 Å². The summed E-state index contributed by atoms with van der Waals surface area (Å²) < 4.78 is 1.75. The first kappa shape index (κ1) is 13.6.